The minimum Gasteiger partial charge on any atom is -0.478 e. The molecule has 0 fully saturated rings. The summed E-state index contributed by atoms with van der Waals surface area (Å²) >= 11 is 0. The average Bonchev–Trinajstić information content (AvgIpc) is 2.81. The first-order valence-electron chi connectivity index (χ1n) is 11.1. The van der Waals surface area contributed by atoms with Gasteiger partial charge in [0.25, 0.3) is 0 Å². The molecule has 0 saturated carbocycles. The summed E-state index contributed by atoms with van der Waals surface area (Å²) in [6.07, 6.45) is 6.15. The number of hydrogen-bond acceptors (Lipinski definition) is 2. The Morgan fingerprint density at radius 3 is 1.94 bits per heavy atom. The minimum atomic E-state index is -1.10. The molecule has 0 aliphatic rings. The Labute approximate surface area is 184 Å². The van der Waals surface area contributed by atoms with Gasteiger partial charge in [0.15, 0.2) is 5.78 Å². The molecule has 3 aromatic carbocycles. The first-order chi connectivity index (χ1) is 15.0. The van der Waals surface area contributed by atoms with Gasteiger partial charge in [-0.25, -0.2) is 4.79 Å². The molecule has 0 radical (unpaired) electrons. The Balaban J connectivity index is 1.73. The molecule has 0 aliphatic heterocycles. The molecule has 0 spiro atoms. The molecule has 3 rings (SSSR count). The maximum atomic E-state index is 12.8. The van der Waals surface area contributed by atoms with E-state index in [0.717, 1.165) is 23.5 Å². The normalized spacial score (nSPS) is 11.8. The second-order valence-corrected chi connectivity index (χ2v) is 8.07. The van der Waals surface area contributed by atoms with E-state index in [9.17, 15) is 14.7 Å². The molecule has 3 heteroatoms. The number of benzene rings is 3. The van der Waals surface area contributed by atoms with Crippen LogP contribution in [0.15, 0.2) is 72.8 Å². The first kappa shape index (κ1) is 22.5. The number of unbranched alkanes of at least 4 members (excludes halogenated alkanes) is 1. The number of carbonyl (C=O) groups is 2. The molecule has 0 heterocycles. The highest BCUT2D eigenvalue weighted by Crippen LogP contribution is 2.24. The smallest absolute Gasteiger partial charge is 0.336 e. The van der Waals surface area contributed by atoms with Crippen molar-refractivity contribution in [2.24, 2.45) is 5.92 Å². The van der Waals surface area contributed by atoms with Crippen LogP contribution in [0, 0.1) is 5.92 Å². The van der Waals surface area contributed by atoms with Gasteiger partial charge >= 0.3 is 5.97 Å². The Kier molecular flexibility index (Phi) is 7.77. The van der Waals surface area contributed by atoms with Gasteiger partial charge in [-0.15, -0.1) is 0 Å². The van der Waals surface area contributed by atoms with Crippen molar-refractivity contribution in [3.8, 4) is 11.1 Å². The number of carboxylic acid groups (broad SMARTS) is 1. The first-order valence-corrected chi connectivity index (χ1v) is 11.1. The SMILES string of the molecule is CCCCC(CC)Cc1ccc(-c2ccc(C(=O)c3ccccc3C(=O)O)cc2)cc1. The van der Waals surface area contributed by atoms with Crippen molar-refractivity contribution in [1.29, 1.82) is 0 Å². The summed E-state index contributed by atoms with van der Waals surface area (Å²) in [4.78, 5) is 24.2. The molecule has 1 unspecified atom stereocenters. The molecule has 3 aromatic rings. The summed E-state index contributed by atoms with van der Waals surface area (Å²) in [5.41, 5.74) is 4.22. The summed E-state index contributed by atoms with van der Waals surface area (Å²) in [7, 11) is 0. The molecular formula is C28H30O3. The third-order valence-corrected chi connectivity index (χ3v) is 5.90. The van der Waals surface area contributed by atoms with Gasteiger partial charge in [0.1, 0.15) is 0 Å². The average molecular weight is 415 g/mol. The fourth-order valence-electron chi connectivity index (χ4n) is 3.95. The lowest BCUT2D eigenvalue weighted by Gasteiger charge is -2.14. The largest absolute Gasteiger partial charge is 0.478 e. The number of carboxylic acids is 1. The highest BCUT2D eigenvalue weighted by Gasteiger charge is 2.17. The quantitative estimate of drug-likeness (QED) is 0.362. The number of carbonyl (C=O) groups excluding carboxylic acids is 1. The predicted octanol–water partition coefficient (Wildman–Crippen LogP) is 7.04. The van der Waals surface area contributed by atoms with E-state index in [2.05, 4.69) is 38.1 Å². The van der Waals surface area contributed by atoms with E-state index in [1.165, 1.54) is 37.3 Å². The topological polar surface area (TPSA) is 54.4 Å². The zero-order chi connectivity index (χ0) is 22.2. The maximum absolute atomic E-state index is 12.8. The lowest BCUT2D eigenvalue weighted by molar-refractivity contribution is 0.0693. The Morgan fingerprint density at radius 2 is 1.39 bits per heavy atom. The Morgan fingerprint density at radius 1 is 0.806 bits per heavy atom. The molecule has 0 amide bonds. The van der Waals surface area contributed by atoms with Crippen LogP contribution >= 0.6 is 0 Å². The van der Waals surface area contributed by atoms with Crippen LogP contribution in [0.5, 0.6) is 0 Å². The molecule has 0 bridgehead atoms. The molecule has 1 N–H and O–H groups in total. The maximum Gasteiger partial charge on any atom is 0.336 e. The number of ketones is 1. The van der Waals surface area contributed by atoms with Crippen molar-refractivity contribution < 1.29 is 14.7 Å². The molecule has 160 valence electrons. The van der Waals surface area contributed by atoms with E-state index in [1.807, 2.05) is 12.1 Å². The van der Waals surface area contributed by atoms with Gasteiger partial charge in [-0.05, 0) is 35.1 Å². The molecule has 0 saturated heterocycles. The second-order valence-electron chi connectivity index (χ2n) is 8.07. The van der Waals surface area contributed by atoms with Gasteiger partial charge in [-0.1, -0.05) is 106 Å². The Hall–Kier alpha value is -3.20. The zero-order valence-electron chi connectivity index (χ0n) is 18.3. The summed E-state index contributed by atoms with van der Waals surface area (Å²) in [5.74, 6) is -0.636. The standard InChI is InChI=1S/C28H30O3/c1-3-5-8-20(4-2)19-21-11-13-22(14-12-21)23-15-17-24(18-16-23)27(29)25-9-6-7-10-26(25)28(30)31/h6-7,9-18,20H,3-5,8,19H2,1-2H3,(H,30,31). The zero-order valence-corrected chi connectivity index (χ0v) is 18.3. The van der Waals surface area contributed by atoms with Crippen molar-refractivity contribution in [3.05, 3.63) is 95.1 Å². The van der Waals surface area contributed by atoms with Crippen molar-refractivity contribution in [2.75, 3.05) is 0 Å². The molecule has 0 aromatic heterocycles. The molecule has 3 nitrogen and oxygen atoms in total. The number of hydrogen-bond donors (Lipinski definition) is 1. The van der Waals surface area contributed by atoms with Crippen LogP contribution in [0.25, 0.3) is 11.1 Å². The van der Waals surface area contributed by atoms with Gasteiger partial charge in [0.2, 0.25) is 0 Å². The van der Waals surface area contributed by atoms with Crippen LogP contribution in [-0.2, 0) is 6.42 Å². The summed E-state index contributed by atoms with van der Waals surface area (Å²) < 4.78 is 0. The van der Waals surface area contributed by atoms with E-state index >= 15 is 0 Å². The summed E-state index contributed by atoms with van der Waals surface area (Å²) in [6, 6.07) is 22.4. The van der Waals surface area contributed by atoms with E-state index in [4.69, 9.17) is 0 Å². The van der Waals surface area contributed by atoms with E-state index in [1.54, 1.807) is 30.3 Å². The third kappa shape index (κ3) is 5.69. The van der Waals surface area contributed by atoms with Crippen molar-refractivity contribution in [1.82, 2.24) is 0 Å². The van der Waals surface area contributed by atoms with E-state index in [-0.39, 0.29) is 16.9 Å². The van der Waals surface area contributed by atoms with Crippen LogP contribution in [0.4, 0.5) is 0 Å². The number of aromatic carboxylic acids is 1. The lowest BCUT2D eigenvalue weighted by Crippen LogP contribution is -2.09. The van der Waals surface area contributed by atoms with Crippen molar-refractivity contribution in [3.63, 3.8) is 0 Å². The number of rotatable bonds is 10. The van der Waals surface area contributed by atoms with Crippen molar-refractivity contribution in [2.45, 2.75) is 46.0 Å². The minimum absolute atomic E-state index is 0.0245. The third-order valence-electron chi connectivity index (χ3n) is 5.90. The summed E-state index contributed by atoms with van der Waals surface area (Å²) in [5, 5.41) is 9.34. The highest BCUT2D eigenvalue weighted by atomic mass is 16.4. The van der Waals surface area contributed by atoms with Gasteiger partial charge in [0, 0.05) is 11.1 Å². The molecule has 31 heavy (non-hydrogen) atoms. The van der Waals surface area contributed by atoms with Crippen LogP contribution in [0.2, 0.25) is 0 Å². The highest BCUT2D eigenvalue weighted by molar-refractivity contribution is 6.14. The Bertz CT molecular complexity index is 1020. The van der Waals surface area contributed by atoms with Gasteiger partial charge in [-0.3, -0.25) is 4.79 Å². The molecule has 1 atom stereocenters. The van der Waals surface area contributed by atoms with Crippen LogP contribution in [-0.4, -0.2) is 16.9 Å². The van der Waals surface area contributed by atoms with Gasteiger partial charge in [0.05, 0.1) is 5.56 Å². The molecule has 0 aliphatic carbocycles. The fourth-order valence-corrected chi connectivity index (χ4v) is 3.95. The lowest BCUT2D eigenvalue weighted by atomic mass is 9.91. The van der Waals surface area contributed by atoms with E-state index < -0.39 is 5.97 Å². The summed E-state index contributed by atoms with van der Waals surface area (Å²) in [6.45, 7) is 4.51. The van der Waals surface area contributed by atoms with Gasteiger partial charge in [-0.2, -0.15) is 0 Å². The molecular weight excluding hydrogens is 384 g/mol. The van der Waals surface area contributed by atoms with Crippen LogP contribution in [0.3, 0.4) is 0 Å². The predicted molar refractivity (Wildman–Crippen MR) is 126 cm³/mol. The van der Waals surface area contributed by atoms with Crippen LogP contribution < -0.4 is 0 Å². The second kappa shape index (κ2) is 10.7. The van der Waals surface area contributed by atoms with Gasteiger partial charge < -0.3 is 5.11 Å². The monoisotopic (exact) mass is 414 g/mol. The fraction of sp³-hybridized carbons (Fsp3) is 0.286. The van der Waals surface area contributed by atoms with Crippen molar-refractivity contribution >= 4 is 11.8 Å². The van der Waals surface area contributed by atoms with Crippen LogP contribution in [0.1, 0.15) is 71.4 Å². The van der Waals surface area contributed by atoms with E-state index in [0.29, 0.717) is 5.56 Å².